The van der Waals surface area contributed by atoms with Crippen molar-refractivity contribution in [1.29, 1.82) is 0 Å². The summed E-state index contributed by atoms with van der Waals surface area (Å²) in [5.41, 5.74) is -1.79. The molecule has 9 fully saturated rings. The topological polar surface area (TPSA) is 124 Å². The van der Waals surface area contributed by atoms with Gasteiger partial charge in [-0.25, -0.2) is 9.59 Å². The van der Waals surface area contributed by atoms with Crippen LogP contribution >= 0.6 is 0 Å². The van der Waals surface area contributed by atoms with Gasteiger partial charge in [0.1, 0.15) is 0 Å². The molecule has 0 heterocycles. The SMILES string of the molecule is COC(=O)/C=C/C12C3C(=O)C(OC)(OC)C4C1C(OC)(OC)C(=O)C1C2C3C14/C=C/C(=O)OC. The number of ether oxygens (including phenoxy) is 6. The molecule has 0 radical (unpaired) electrons. The number of hydrogen-bond acceptors (Lipinski definition) is 10. The fourth-order valence-electron chi connectivity index (χ4n) is 8.68. The van der Waals surface area contributed by atoms with Crippen LogP contribution in [0.4, 0.5) is 0 Å². The number of carbonyl (C=O) groups excluding carboxylic acids is 4. The lowest BCUT2D eigenvalue weighted by molar-refractivity contribution is -0.480. The van der Waals surface area contributed by atoms with Gasteiger partial charge >= 0.3 is 11.9 Å². The highest BCUT2D eigenvalue weighted by atomic mass is 16.7. The van der Waals surface area contributed by atoms with Crippen LogP contribution in [-0.4, -0.2) is 77.7 Å². The Hall–Kier alpha value is -2.40. The van der Waals surface area contributed by atoms with Crippen LogP contribution in [0.15, 0.2) is 24.3 Å². The van der Waals surface area contributed by atoms with E-state index in [4.69, 9.17) is 28.4 Å². The van der Waals surface area contributed by atoms with Crippen molar-refractivity contribution in [2.75, 3.05) is 42.7 Å². The van der Waals surface area contributed by atoms with Crippen LogP contribution < -0.4 is 0 Å². The van der Waals surface area contributed by atoms with Crippen LogP contribution in [0, 0.1) is 46.3 Å². The highest BCUT2D eigenvalue weighted by molar-refractivity contribution is 6.03. The maximum Gasteiger partial charge on any atom is 0.330 e. The second-order valence-electron chi connectivity index (χ2n) is 9.56. The number of carbonyl (C=O) groups is 4. The Morgan fingerprint density at radius 1 is 0.647 bits per heavy atom. The molecule has 0 spiro atoms. The average molecular weight is 476 g/mol. The molecule has 9 saturated carbocycles. The Morgan fingerprint density at radius 3 is 1.24 bits per heavy atom. The molecule has 0 amide bonds. The zero-order valence-corrected chi connectivity index (χ0v) is 19.9. The summed E-state index contributed by atoms with van der Waals surface area (Å²) in [6, 6.07) is 0. The van der Waals surface area contributed by atoms with Crippen molar-refractivity contribution in [2.45, 2.75) is 11.6 Å². The number of fused-ring (bicyclic) bond motifs is 2. The Morgan fingerprint density at radius 2 is 0.971 bits per heavy atom. The summed E-state index contributed by atoms with van der Waals surface area (Å²) in [5, 5.41) is 0. The van der Waals surface area contributed by atoms with Crippen molar-refractivity contribution in [2.24, 2.45) is 46.3 Å². The third-order valence-electron chi connectivity index (χ3n) is 9.45. The van der Waals surface area contributed by atoms with E-state index >= 15 is 0 Å². The van der Waals surface area contributed by atoms with Gasteiger partial charge in [0.15, 0.2) is 11.6 Å². The largest absolute Gasteiger partial charge is 0.466 e. The van der Waals surface area contributed by atoms with Crippen LogP contribution in [0.5, 0.6) is 0 Å². The molecule has 8 bridgehead atoms. The van der Waals surface area contributed by atoms with Crippen LogP contribution in [0.1, 0.15) is 0 Å². The highest BCUT2D eigenvalue weighted by Gasteiger charge is 3.01. The first-order chi connectivity index (χ1) is 16.2. The molecule has 10 heteroatoms. The smallest absolute Gasteiger partial charge is 0.330 e. The van der Waals surface area contributed by atoms with E-state index in [2.05, 4.69) is 0 Å². The van der Waals surface area contributed by atoms with Crippen LogP contribution in [0.2, 0.25) is 0 Å². The molecule has 9 aliphatic carbocycles. The predicted octanol–water partition coefficient (Wildman–Crippen LogP) is 0.299. The quantitative estimate of drug-likeness (QED) is 0.274. The van der Waals surface area contributed by atoms with E-state index in [0.29, 0.717) is 0 Å². The van der Waals surface area contributed by atoms with Gasteiger partial charge in [0.2, 0.25) is 11.6 Å². The van der Waals surface area contributed by atoms with Crippen molar-refractivity contribution in [3.05, 3.63) is 24.3 Å². The van der Waals surface area contributed by atoms with Gasteiger partial charge in [0.25, 0.3) is 0 Å². The normalized spacial score (nSPS) is 43.7. The van der Waals surface area contributed by atoms with E-state index in [0.717, 1.165) is 0 Å². The van der Waals surface area contributed by atoms with E-state index in [9.17, 15) is 19.2 Å². The van der Waals surface area contributed by atoms with Crippen molar-refractivity contribution in [3.8, 4) is 0 Å². The maximum atomic E-state index is 13.9. The maximum absolute atomic E-state index is 13.9. The number of Topliss-reactive ketones (excluding diaryl/α,β-unsaturated/α-hetero) is 2. The molecule has 184 valence electrons. The van der Waals surface area contributed by atoms with Crippen LogP contribution in [0.25, 0.3) is 0 Å². The second-order valence-corrected chi connectivity index (χ2v) is 9.56. The van der Waals surface area contributed by atoms with E-state index in [1.165, 1.54) is 54.8 Å². The molecule has 34 heavy (non-hydrogen) atoms. The van der Waals surface area contributed by atoms with Crippen molar-refractivity contribution in [1.82, 2.24) is 0 Å². The fourth-order valence-corrected chi connectivity index (χ4v) is 8.68. The summed E-state index contributed by atoms with van der Waals surface area (Å²) in [4.78, 5) is 51.9. The Bertz CT molecular complexity index is 954. The van der Waals surface area contributed by atoms with E-state index in [1.54, 1.807) is 12.2 Å². The van der Waals surface area contributed by atoms with Gasteiger partial charge in [-0.15, -0.1) is 0 Å². The fraction of sp³-hybridized carbons (Fsp3) is 0.667. The first-order valence-electron chi connectivity index (χ1n) is 11.0. The molecule has 8 atom stereocenters. The van der Waals surface area contributed by atoms with Gasteiger partial charge in [-0.3, -0.25) is 9.59 Å². The molecule has 0 saturated heterocycles. The molecular weight excluding hydrogens is 448 g/mol. The summed E-state index contributed by atoms with van der Waals surface area (Å²) in [6.45, 7) is 0. The summed E-state index contributed by atoms with van der Waals surface area (Å²) < 4.78 is 32.8. The van der Waals surface area contributed by atoms with Crippen LogP contribution in [0.3, 0.4) is 0 Å². The van der Waals surface area contributed by atoms with Gasteiger partial charge in [-0.1, -0.05) is 12.2 Å². The third kappa shape index (κ3) is 2.02. The lowest BCUT2D eigenvalue weighted by Crippen LogP contribution is -2.99. The molecular formula is C24H28O10. The molecule has 8 unspecified atom stereocenters. The average Bonchev–Trinajstić information content (AvgIpc) is 2.84. The first kappa shape index (κ1) is 23.3. The summed E-state index contributed by atoms with van der Waals surface area (Å²) in [6.07, 6.45) is 5.97. The Balaban J connectivity index is 1.80. The Kier molecular flexibility index (Phi) is 4.85. The molecule has 9 aliphatic rings. The van der Waals surface area contributed by atoms with Gasteiger partial charge in [-0.05, 0) is 11.8 Å². The summed E-state index contributed by atoms with van der Waals surface area (Å²) in [7, 11) is 8.07. The monoisotopic (exact) mass is 476 g/mol. The number of ketones is 2. The van der Waals surface area contributed by atoms with Gasteiger partial charge in [0, 0.05) is 75.1 Å². The first-order valence-corrected chi connectivity index (χ1v) is 11.0. The minimum absolute atomic E-state index is 0.233. The molecule has 0 N–H and O–H groups in total. The van der Waals surface area contributed by atoms with E-state index in [-0.39, 0.29) is 23.4 Å². The van der Waals surface area contributed by atoms with E-state index in [1.807, 2.05) is 0 Å². The summed E-state index contributed by atoms with van der Waals surface area (Å²) in [5.74, 6) is -8.30. The molecule has 0 aliphatic heterocycles. The third-order valence-corrected chi connectivity index (χ3v) is 9.45. The zero-order valence-electron chi connectivity index (χ0n) is 19.9. The summed E-state index contributed by atoms with van der Waals surface area (Å²) >= 11 is 0. The molecule has 9 rings (SSSR count). The lowest BCUT2D eigenvalue weighted by Gasteiger charge is -2.92. The second kappa shape index (κ2) is 7.07. The van der Waals surface area contributed by atoms with Crippen molar-refractivity contribution >= 4 is 23.5 Å². The number of methoxy groups -OCH3 is 6. The number of rotatable bonds is 8. The van der Waals surface area contributed by atoms with Gasteiger partial charge in [-0.2, -0.15) is 0 Å². The molecule has 10 nitrogen and oxygen atoms in total. The lowest BCUT2D eigenvalue weighted by atomic mass is 9.10. The van der Waals surface area contributed by atoms with Crippen LogP contribution in [-0.2, 0) is 47.6 Å². The molecule has 0 aromatic heterocycles. The molecule has 0 aromatic rings. The number of allylic oxidation sites excluding steroid dienone is 2. The zero-order chi connectivity index (χ0) is 24.8. The minimum Gasteiger partial charge on any atom is -0.466 e. The molecule has 0 aromatic carbocycles. The number of hydrogen-bond donors (Lipinski definition) is 0. The van der Waals surface area contributed by atoms with Crippen molar-refractivity contribution in [3.63, 3.8) is 0 Å². The minimum atomic E-state index is -1.69. The van der Waals surface area contributed by atoms with Gasteiger partial charge < -0.3 is 28.4 Å². The standard InChI is InChI=1S/C24H28O10/c1-29-11(25)7-9-21-13-14-15(21)19(27)24(33-5,34-6)18-17(21)23(31-3,32-4)20(28)16(13)22(14,18)10-8-12(26)30-2/h7-10,13-18H,1-6H3/b9-7+,10-8+. The Labute approximate surface area is 196 Å². The number of esters is 2. The van der Waals surface area contributed by atoms with E-state index < -0.39 is 58.0 Å². The van der Waals surface area contributed by atoms with Crippen molar-refractivity contribution < 1.29 is 47.6 Å². The van der Waals surface area contributed by atoms with Gasteiger partial charge in [0.05, 0.1) is 14.2 Å². The highest BCUT2D eigenvalue weighted by Crippen LogP contribution is 2.94. The predicted molar refractivity (Wildman–Crippen MR) is 112 cm³/mol.